The molecule has 0 aliphatic carbocycles. The first-order valence-electron chi connectivity index (χ1n) is 4.76. The van der Waals surface area contributed by atoms with Crippen molar-refractivity contribution < 1.29 is 9.90 Å². The molecule has 0 aromatic heterocycles. The second-order valence-corrected chi connectivity index (χ2v) is 3.25. The van der Waals surface area contributed by atoms with Crippen molar-refractivity contribution in [2.45, 2.75) is 19.3 Å². The van der Waals surface area contributed by atoms with E-state index in [9.17, 15) is 4.79 Å². The van der Waals surface area contributed by atoms with E-state index in [1.807, 2.05) is 12.1 Å². The Kier molecular flexibility index (Phi) is 4.13. The summed E-state index contributed by atoms with van der Waals surface area (Å²) in [6.07, 6.45) is 3.04. The van der Waals surface area contributed by atoms with E-state index in [2.05, 4.69) is 0 Å². The Labute approximate surface area is 83.6 Å². The van der Waals surface area contributed by atoms with Crippen LogP contribution in [0.15, 0.2) is 24.3 Å². The first-order valence-corrected chi connectivity index (χ1v) is 4.76. The van der Waals surface area contributed by atoms with Crippen molar-refractivity contribution in [2.75, 3.05) is 6.54 Å². The number of benzene rings is 1. The summed E-state index contributed by atoms with van der Waals surface area (Å²) in [7, 11) is 0. The third kappa shape index (κ3) is 3.18. The van der Waals surface area contributed by atoms with Crippen molar-refractivity contribution in [1.29, 1.82) is 0 Å². The first-order chi connectivity index (χ1) is 6.74. The van der Waals surface area contributed by atoms with Crippen LogP contribution in [-0.4, -0.2) is 17.6 Å². The lowest BCUT2D eigenvalue weighted by Gasteiger charge is -2.00. The molecule has 0 radical (unpaired) electrons. The summed E-state index contributed by atoms with van der Waals surface area (Å²) in [6, 6.07) is 7.00. The molecule has 0 spiro atoms. The highest BCUT2D eigenvalue weighted by Gasteiger charge is 2.00. The van der Waals surface area contributed by atoms with E-state index in [0.29, 0.717) is 12.1 Å². The van der Waals surface area contributed by atoms with E-state index >= 15 is 0 Å². The van der Waals surface area contributed by atoms with Crippen LogP contribution in [0.5, 0.6) is 0 Å². The number of hydrogen-bond acceptors (Lipinski definition) is 2. The van der Waals surface area contributed by atoms with Gasteiger partial charge in [0.25, 0.3) is 0 Å². The van der Waals surface area contributed by atoms with Crippen LogP contribution in [0.25, 0.3) is 0 Å². The third-order valence-corrected chi connectivity index (χ3v) is 2.12. The number of hydrogen-bond donors (Lipinski definition) is 2. The monoisotopic (exact) mass is 193 g/mol. The van der Waals surface area contributed by atoms with Crippen LogP contribution in [-0.2, 0) is 6.42 Å². The van der Waals surface area contributed by atoms with Crippen LogP contribution in [0.2, 0.25) is 0 Å². The Morgan fingerprint density at radius 3 is 2.36 bits per heavy atom. The molecular formula is C11H15NO2. The van der Waals surface area contributed by atoms with Crippen molar-refractivity contribution in [1.82, 2.24) is 0 Å². The lowest BCUT2D eigenvalue weighted by Crippen LogP contribution is -1.99. The molecule has 3 nitrogen and oxygen atoms in total. The Bertz CT molecular complexity index is 293. The Balaban J connectivity index is 2.51. The fraction of sp³-hybridized carbons (Fsp3) is 0.364. The van der Waals surface area contributed by atoms with Gasteiger partial charge in [-0.25, -0.2) is 4.79 Å². The summed E-state index contributed by atoms with van der Waals surface area (Å²) in [5.41, 5.74) is 6.89. The minimum atomic E-state index is -0.876. The molecule has 0 saturated heterocycles. The smallest absolute Gasteiger partial charge is 0.335 e. The Morgan fingerprint density at radius 2 is 1.86 bits per heavy atom. The summed E-state index contributed by atoms with van der Waals surface area (Å²) in [6.45, 7) is 0.715. The van der Waals surface area contributed by atoms with Crippen molar-refractivity contribution in [3.63, 3.8) is 0 Å². The van der Waals surface area contributed by atoms with Crippen LogP contribution in [0.1, 0.15) is 28.8 Å². The highest BCUT2D eigenvalue weighted by Crippen LogP contribution is 2.07. The maximum atomic E-state index is 10.6. The zero-order chi connectivity index (χ0) is 10.4. The minimum Gasteiger partial charge on any atom is -0.478 e. The fourth-order valence-corrected chi connectivity index (χ4v) is 1.29. The van der Waals surface area contributed by atoms with Gasteiger partial charge in [0.1, 0.15) is 0 Å². The van der Waals surface area contributed by atoms with Gasteiger partial charge >= 0.3 is 5.97 Å². The molecule has 1 rings (SSSR count). The average Bonchev–Trinajstić information content (AvgIpc) is 2.19. The molecular weight excluding hydrogens is 178 g/mol. The van der Waals surface area contributed by atoms with E-state index < -0.39 is 5.97 Å². The van der Waals surface area contributed by atoms with Gasteiger partial charge in [-0.05, 0) is 43.5 Å². The Hall–Kier alpha value is -1.35. The SMILES string of the molecule is NCCCCc1ccc(C(=O)O)cc1. The molecule has 76 valence electrons. The van der Waals surface area contributed by atoms with Gasteiger partial charge in [0.2, 0.25) is 0 Å². The topological polar surface area (TPSA) is 63.3 Å². The maximum absolute atomic E-state index is 10.6. The molecule has 1 aromatic carbocycles. The largest absolute Gasteiger partial charge is 0.478 e. The van der Waals surface area contributed by atoms with Crippen LogP contribution in [0.4, 0.5) is 0 Å². The van der Waals surface area contributed by atoms with Gasteiger partial charge < -0.3 is 10.8 Å². The van der Waals surface area contributed by atoms with Crippen LogP contribution in [0, 0.1) is 0 Å². The van der Waals surface area contributed by atoms with Crippen LogP contribution >= 0.6 is 0 Å². The van der Waals surface area contributed by atoms with Gasteiger partial charge in [0.05, 0.1) is 5.56 Å². The van der Waals surface area contributed by atoms with E-state index in [-0.39, 0.29) is 0 Å². The predicted octanol–water partition coefficient (Wildman–Crippen LogP) is 1.67. The Morgan fingerprint density at radius 1 is 1.21 bits per heavy atom. The zero-order valence-electron chi connectivity index (χ0n) is 8.07. The van der Waals surface area contributed by atoms with E-state index in [4.69, 9.17) is 10.8 Å². The van der Waals surface area contributed by atoms with Crippen molar-refractivity contribution in [3.05, 3.63) is 35.4 Å². The number of aromatic carboxylic acids is 1. The highest BCUT2D eigenvalue weighted by atomic mass is 16.4. The number of unbranched alkanes of at least 4 members (excludes halogenated alkanes) is 1. The molecule has 0 aliphatic rings. The number of carboxylic acid groups (broad SMARTS) is 1. The molecule has 0 heterocycles. The minimum absolute atomic E-state index is 0.340. The molecule has 3 N–H and O–H groups in total. The van der Waals surface area contributed by atoms with Gasteiger partial charge in [-0.15, -0.1) is 0 Å². The molecule has 0 bridgehead atoms. The lowest BCUT2D eigenvalue weighted by molar-refractivity contribution is 0.0697. The molecule has 3 heteroatoms. The third-order valence-electron chi connectivity index (χ3n) is 2.12. The van der Waals surface area contributed by atoms with Crippen LogP contribution < -0.4 is 5.73 Å². The lowest BCUT2D eigenvalue weighted by atomic mass is 10.1. The van der Waals surface area contributed by atoms with Gasteiger partial charge in [0.15, 0.2) is 0 Å². The van der Waals surface area contributed by atoms with Crippen molar-refractivity contribution in [3.8, 4) is 0 Å². The summed E-state index contributed by atoms with van der Waals surface area (Å²) in [4.78, 5) is 10.6. The molecule has 0 aliphatic heterocycles. The van der Waals surface area contributed by atoms with E-state index in [1.165, 1.54) is 5.56 Å². The molecule has 0 atom stereocenters. The quantitative estimate of drug-likeness (QED) is 0.699. The summed E-state index contributed by atoms with van der Waals surface area (Å²) < 4.78 is 0. The van der Waals surface area contributed by atoms with Gasteiger partial charge in [-0.1, -0.05) is 12.1 Å². The van der Waals surface area contributed by atoms with Gasteiger partial charge in [-0.2, -0.15) is 0 Å². The molecule has 0 amide bonds. The zero-order valence-corrected chi connectivity index (χ0v) is 8.07. The number of carboxylic acids is 1. The number of aryl methyl sites for hydroxylation is 1. The van der Waals surface area contributed by atoms with E-state index in [1.54, 1.807) is 12.1 Å². The number of carbonyl (C=O) groups is 1. The molecule has 14 heavy (non-hydrogen) atoms. The summed E-state index contributed by atoms with van der Waals surface area (Å²) in [5.74, 6) is -0.876. The average molecular weight is 193 g/mol. The summed E-state index contributed by atoms with van der Waals surface area (Å²) in [5, 5.41) is 8.67. The van der Waals surface area contributed by atoms with Crippen molar-refractivity contribution >= 4 is 5.97 Å². The molecule has 0 saturated carbocycles. The first kappa shape index (κ1) is 10.7. The van der Waals surface area contributed by atoms with Gasteiger partial charge in [0, 0.05) is 0 Å². The molecule has 0 fully saturated rings. The van der Waals surface area contributed by atoms with Crippen LogP contribution in [0.3, 0.4) is 0 Å². The molecule has 1 aromatic rings. The molecule has 0 unspecified atom stereocenters. The fourth-order valence-electron chi connectivity index (χ4n) is 1.29. The predicted molar refractivity (Wildman–Crippen MR) is 55.4 cm³/mol. The highest BCUT2D eigenvalue weighted by molar-refractivity contribution is 5.87. The normalized spacial score (nSPS) is 10.1. The second-order valence-electron chi connectivity index (χ2n) is 3.25. The van der Waals surface area contributed by atoms with Crippen molar-refractivity contribution in [2.24, 2.45) is 5.73 Å². The number of rotatable bonds is 5. The van der Waals surface area contributed by atoms with E-state index in [0.717, 1.165) is 19.3 Å². The number of nitrogens with two attached hydrogens (primary N) is 1. The summed E-state index contributed by atoms with van der Waals surface area (Å²) >= 11 is 0. The van der Waals surface area contributed by atoms with Gasteiger partial charge in [-0.3, -0.25) is 0 Å². The second kappa shape index (κ2) is 5.40. The standard InChI is InChI=1S/C11H15NO2/c12-8-2-1-3-9-4-6-10(7-5-9)11(13)14/h4-7H,1-3,8,12H2,(H,13,14). The maximum Gasteiger partial charge on any atom is 0.335 e.